The molecule has 4 heteroatoms. The van der Waals surface area contributed by atoms with E-state index >= 15 is 0 Å². The van der Waals surface area contributed by atoms with Gasteiger partial charge in [-0.15, -0.1) is 0 Å². The van der Waals surface area contributed by atoms with Crippen LogP contribution in [-0.2, 0) is 0 Å². The van der Waals surface area contributed by atoms with E-state index in [0.717, 1.165) is 31.8 Å². The summed E-state index contributed by atoms with van der Waals surface area (Å²) in [6.45, 7) is 2.97. The topological polar surface area (TPSA) is 28.2 Å². The van der Waals surface area contributed by atoms with E-state index in [4.69, 9.17) is 0 Å². The lowest BCUT2D eigenvalue weighted by Gasteiger charge is -2.33. The summed E-state index contributed by atoms with van der Waals surface area (Å²) in [4.78, 5) is 6.20. The average molecular weight is 249 g/mol. The molecule has 3 rings (SSSR count). The largest absolute Gasteiger partial charge is 0.354 e. The number of rotatable bonds is 4. The molecule has 18 heavy (non-hydrogen) atoms. The van der Waals surface area contributed by atoms with Crippen molar-refractivity contribution >= 4 is 5.82 Å². The van der Waals surface area contributed by atoms with Crippen LogP contribution in [0.1, 0.15) is 25.7 Å². The third kappa shape index (κ3) is 2.80. The van der Waals surface area contributed by atoms with E-state index in [1.165, 1.54) is 25.5 Å². The van der Waals surface area contributed by atoms with Crippen LogP contribution in [0.2, 0.25) is 0 Å². The first-order valence-electron chi connectivity index (χ1n) is 6.92. The molecule has 2 fully saturated rings. The minimum atomic E-state index is -0.207. The Morgan fingerprint density at radius 3 is 2.72 bits per heavy atom. The molecule has 0 amide bonds. The molecule has 1 saturated carbocycles. The van der Waals surface area contributed by atoms with E-state index in [9.17, 15) is 4.39 Å². The number of nitrogens with one attached hydrogen (secondary N) is 1. The Balaban J connectivity index is 1.51. The molecule has 0 atom stereocenters. The van der Waals surface area contributed by atoms with E-state index in [-0.39, 0.29) is 5.82 Å². The molecule has 1 aliphatic carbocycles. The van der Waals surface area contributed by atoms with Gasteiger partial charge in [-0.05, 0) is 50.3 Å². The van der Waals surface area contributed by atoms with Gasteiger partial charge in [0.2, 0.25) is 0 Å². The summed E-state index contributed by atoms with van der Waals surface area (Å²) in [5, 5.41) is 3.63. The van der Waals surface area contributed by atoms with Crippen LogP contribution in [0, 0.1) is 11.7 Å². The highest BCUT2D eigenvalue weighted by molar-refractivity contribution is 5.40. The maximum absolute atomic E-state index is 13.6. The molecule has 0 aromatic carbocycles. The third-order valence-electron chi connectivity index (χ3n) is 3.93. The molecule has 0 radical (unpaired) electrons. The van der Waals surface area contributed by atoms with Gasteiger partial charge in [-0.3, -0.25) is 0 Å². The normalized spacial score (nSPS) is 21.3. The van der Waals surface area contributed by atoms with Crippen molar-refractivity contribution in [3.05, 3.63) is 24.1 Å². The van der Waals surface area contributed by atoms with Crippen molar-refractivity contribution in [3.63, 3.8) is 0 Å². The molecule has 1 aromatic rings. The summed E-state index contributed by atoms with van der Waals surface area (Å²) in [6.07, 6.45) is 6.62. The van der Waals surface area contributed by atoms with Gasteiger partial charge in [-0.2, -0.15) is 0 Å². The van der Waals surface area contributed by atoms with Gasteiger partial charge in [-0.1, -0.05) is 0 Å². The number of nitrogens with zero attached hydrogens (tertiary/aromatic N) is 2. The first-order valence-corrected chi connectivity index (χ1v) is 6.92. The Morgan fingerprint density at radius 2 is 2.06 bits per heavy atom. The van der Waals surface area contributed by atoms with Gasteiger partial charge in [-0.25, -0.2) is 9.37 Å². The van der Waals surface area contributed by atoms with Crippen LogP contribution >= 0.6 is 0 Å². The van der Waals surface area contributed by atoms with Crippen LogP contribution in [0.25, 0.3) is 0 Å². The Labute approximate surface area is 107 Å². The van der Waals surface area contributed by atoms with Crippen molar-refractivity contribution in [1.82, 2.24) is 10.3 Å². The first kappa shape index (κ1) is 11.9. The van der Waals surface area contributed by atoms with Crippen molar-refractivity contribution in [3.8, 4) is 0 Å². The van der Waals surface area contributed by atoms with Crippen LogP contribution in [-0.4, -0.2) is 30.7 Å². The summed E-state index contributed by atoms with van der Waals surface area (Å²) in [5.74, 6) is 1.23. The van der Waals surface area contributed by atoms with Crippen molar-refractivity contribution in [1.29, 1.82) is 0 Å². The summed E-state index contributed by atoms with van der Waals surface area (Å²) in [6, 6.07) is 3.73. The minimum Gasteiger partial charge on any atom is -0.354 e. The molecule has 1 aliphatic heterocycles. The van der Waals surface area contributed by atoms with E-state index < -0.39 is 0 Å². The molecular formula is C14H20FN3. The van der Waals surface area contributed by atoms with E-state index in [0.29, 0.717) is 11.9 Å². The molecule has 2 heterocycles. The number of hydrogen-bond donors (Lipinski definition) is 1. The Bertz CT molecular complexity index is 398. The zero-order valence-electron chi connectivity index (χ0n) is 10.6. The average Bonchev–Trinajstić information content (AvgIpc) is 3.22. The number of piperidine rings is 1. The fraction of sp³-hybridized carbons (Fsp3) is 0.643. The van der Waals surface area contributed by atoms with Crippen LogP contribution in [0.5, 0.6) is 0 Å². The second kappa shape index (κ2) is 5.22. The van der Waals surface area contributed by atoms with Crippen molar-refractivity contribution in [2.24, 2.45) is 5.92 Å². The summed E-state index contributed by atoms with van der Waals surface area (Å²) < 4.78 is 13.6. The van der Waals surface area contributed by atoms with Gasteiger partial charge in [0, 0.05) is 25.3 Å². The molecule has 2 aliphatic rings. The van der Waals surface area contributed by atoms with Gasteiger partial charge >= 0.3 is 0 Å². The highest BCUT2D eigenvalue weighted by Crippen LogP contribution is 2.28. The zero-order chi connectivity index (χ0) is 12.4. The van der Waals surface area contributed by atoms with Crippen LogP contribution in [0.3, 0.4) is 0 Å². The molecule has 0 bridgehead atoms. The number of anilines is 1. The molecule has 3 nitrogen and oxygen atoms in total. The highest BCUT2D eigenvalue weighted by Gasteiger charge is 2.25. The molecule has 98 valence electrons. The maximum atomic E-state index is 13.6. The molecule has 1 saturated heterocycles. The second-order valence-corrected chi connectivity index (χ2v) is 5.42. The van der Waals surface area contributed by atoms with Crippen LogP contribution < -0.4 is 10.2 Å². The van der Waals surface area contributed by atoms with Gasteiger partial charge in [0.15, 0.2) is 11.6 Å². The summed E-state index contributed by atoms with van der Waals surface area (Å²) in [7, 11) is 0. The Morgan fingerprint density at radius 1 is 1.28 bits per heavy atom. The summed E-state index contributed by atoms with van der Waals surface area (Å²) >= 11 is 0. The lowest BCUT2D eigenvalue weighted by molar-refractivity contribution is 0.405. The smallest absolute Gasteiger partial charge is 0.165 e. The number of halogens is 1. The highest BCUT2D eigenvalue weighted by atomic mass is 19.1. The Hall–Kier alpha value is -1.16. The molecular weight excluding hydrogens is 229 g/mol. The van der Waals surface area contributed by atoms with Crippen LogP contribution in [0.4, 0.5) is 10.2 Å². The quantitative estimate of drug-likeness (QED) is 0.886. The molecule has 1 N–H and O–H groups in total. The van der Waals surface area contributed by atoms with Gasteiger partial charge in [0.25, 0.3) is 0 Å². The van der Waals surface area contributed by atoms with E-state index in [1.807, 2.05) is 0 Å². The van der Waals surface area contributed by atoms with Crippen molar-refractivity contribution < 1.29 is 4.39 Å². The predicted octanol–water partition coefficient (Wildman–Crippen LogP) is 2.19. The van der Waals surface area contributed by atoms with Crippen molar-refractivity contribution in [2.75, 3.05) is 24.5 Å². The van der Waals surface area contributed by atoms with Crippen molar-refractivity contribution in [2.45, 2.75) is 31.7 Å². The summed E-state index contributed by atoms with van der Waals surface area (Å²) in [5.41, 5.74) is 0. The van der Waals surface area contributed by atoms with Gasteiger partial charge in [0.1, 0.15) is 0 Å². The monoisotopic (exact) mass is 249 g/mol. The third-order valence-corrected chi connectivity index (χ3v) is 3.93. The molecule has 1 aromatic heterocycles. The zero-order valence-corrected chi connectivity index (χ0v) is 10.6. The number of aromatic nitrogens is 1. The predicted molar refractivity (Wildman–Crippen MR) is 70.2 cm³/mol. The Kier molecular flexibility index (Phi) is 3.46. The standard InChI is InChI=1S/C14H20FN3/c15-13-2-1-7-16-14(13)18-8-5-12(6-9-18)17-10-11-3-4-11/h1-2,7,11-12,17H,3-6,8-10H2. The fourth-order valence-corrected chi connectivity index (χ4v) is 2.56. The first-order chi connectivity index (χ1) is 8.83. The minimum absolute atomic E-state index is 0.207. The number of pyridine rings is 1. The lowest BCUT2D eigenvalue weighted by atomic mass is 10.0. The number of hydrogen-bond acceptors (Lipinski definition) is 3. The van der Waals surface area contributed by atoms with Crippen LogP contribution in [0.15, 0.2) is 18.3 Å². The molecule has 0 spiro atoms. The second-order valence-electron chi connectivity index (χ2n) is 5.42. The fourth-order valence-electron chi connectivity index (χ4n) is 2.56. The maximum Gasteiger partial charge on any atom is 0.165 e. The van der Waals surface area contributed by atoms with E-state index in [1.54, 1.807) is 12.3 Å². The van der Waals surface area contributed by atoms with E-state index in [2.05, 4.69) is 15.2 Å². The lowest BCUT2D eigenvalue weighted by Crippen LogP contribution is -2.43. The van der Waals surface area contributed by atoms with Gasteiger partial charge < -0.3 is 10.2 Å². The SMILES string of the molecule is Fc1cccnc1N1CCC(NCC2CC2)CC1. The molecule has 0 unspecified atom stereocenters. The van der Waals surface area contributed by atoms with Gasteiger partial charge in [0.05, 0.1) is 0 Å².